The molecule has 9 heteroatoms. The zero-order valence-corrected chi connectivity index (χ0v) is 17.4. The van der Waals surface area contributed by atoms with Crippen molar-refractivity contribution in [1.29, 1.82) is 0 Å². The molecule has 0 spiro atoms. The molecule has 2 aromatic carbocycles. The first-order valence-electron chi connectivity index (χ1n) is 9.22. The zero-order valence-electron chi connectivity index (χ0n) is 15.8. The van der Waals surface area contributed by atoms with Crippen molar-refractivity contribution in [2.75, 3.05) is 33.3 Å². The molecule has 2 bridgehead atoms. The van der Waals surface area contributed by atoms with Gasteiger partial charge >= 0.3 is 0 Å². The van der Waals surface area contributed by atoms with Crippen LogP contribution in [-0.2, 0) is 14.8 Å². The number of sulfonamides is 1. The molecule has 2 unspecified atom stereocenters. The summed E-state index contributed by atoms with van der Waals surface area (Å²) in [6.45, 7) is 0.992. The summed E-state index contributed by atoms with van der Waals surface area (Å²) in [5.41, 5.74) is 0.383. The average molecular weight is 437 g/mol. The minimum absolute atomic E-state index is 0.199. The number of hydrogen-bond acceptors (Lipinski definition) is 5. The Morgan fingerprint density at radius 1 is 1.07 bits per heavy atom. The fraction of sp³-hybridized carbons (Fsp3) is 0.350. The minimum Gasteiger partial charge on any atom is -0.496 e. The second kappa shape index (κ2) is 7.95. The van der Waals surface area contributed by atoms with Crippen molar-refractivity contribution in [3.8, 4) is 5.75 Å². The number of hydrogen-bond donors (Lipinski definition) is 0. The third-order valence-corrected chi connectivity index (χ3v) is 7.19. The van der Waals surface area contributed by atoms with Crippen LogP contribution >= 0.6 is 11.6 Å². The first-order valence-corrected chi connectivity index (χ1v) is 11.0. The summed E-state index contributed by atoms with van der Waals surface area (Å²) in [6.07, 6.45) is -0.787. The van der Waals surface area contributed by atoms with Crippen molar-refractivity contribution in [3.05, 3.63) is 59.1 Å². The molecule has 2 aliphatic rings. The summed E-state index contributed by atoms with van der Waals surface area (Å²) in [5, 5.41) is 0.447. The standard InChI is InChI=1S/C20H21ClN2O5S/c1-27-19-8-7-14(21)9-18(19)20(24)22-10-15-12-23(13-16(11-22)28-15)29(25,26)17-5-3-2-4-6-17/h2-9,15-16H,10-13H2,1H3. The lowest BCUT2D eigenvalue weighted by molar-refractivity contribution is -0.113. The van der Waals surface area contributed by atoms with Gasteiger partial charge in [-0.25, -0.2) is 8.42 Å². The summed E-state index contributed by atoms with van der Waals surface area (Å²) in [6, 6.07) is 13.3. The molecular weight excluding hydrogens is 416 g/mol. The maximum atomic E-state index is 13.1. The van der Waals surface area contributed by atoms with Crippen LogP contribution in [0.3, 0.4) is 0 Å². The van der Waals surface area contributed by atoms with Gasteiger partial charge < -0.3 is 14.4 Å². The minimum atomic E-state index is -3.60. The molecule has 0 N–H and O–H groups in total. The Balaban J connectivity index is 1.52. The van der Waals surface area contributed by atoms with Crippen LogP contribution < -0.4 is 4.74 Å². The molecule has 2 aromatic rings. The topological polar surface area (TPSA) is 76.2 Å². The van der Waals surface area contributed by atoms with Crippen molar-refractivity contribution < 1.29 is 22.7 Å². The summed E-state index contributed by atoms with van der Waals surface area (Å²) in [7, 11) is -2.10. The first-order chi connectivity index (χ1) is 13.9. The number of ether oxygens (including phenoxy) is 2. The molecular formula is C20H21ClN2O5S. The highest BCUT2D eigenvalue weighted by molar-refractivity contribution is 7.89. The predicted molar refractivity (Wildman–Crippen MR) is 108 cm³/mol. The van der Waals surface area contributed by atoms with Crippen LogP contribution in [0.2, 0.25) is 5.02 Å². The van der Waals surface area contributed by atoms with Gasteiger partial charge in [-0.15, -0.1) is 0 Å². The van der Waals surface area contributed by atoms with Gasteiger partial charge in [-0.1, -0.05) is 29.8 Å². The molecule has 4 rings (SSSR count). The van der Waals surface area contributed by atoms with Crippen molar-refractivity contribution >= 4 is 27.5 Å². The Bertz CT molecular complexity index is 1000. The average Bonchev–Trinajstić information content (AvgIpc) is 2.73. The normalized spacial score (nSPS) is 22.3. The predicted octanol–water partition coefficient (Wildman–Crippen LogP) is 2.26. The van der Waals surface area contributed by atoms with Crippen molar-refractivity contribution in [1.82, 2.24) is 9.21 Å². The van der Waals surface area contributed by atoms with E-state index >= 15 is 0 Å². The first kappa shape index (κ1) is 20.2. The Kier molecular flexibility index (Phi) is 5.52. The number of benzene rings is 2. The van der Waals surface area contributed by atoms with Gasteiger partial charge in [0.1, 0.15) is 5.75 Å². The number of methoxy groups -OCH3 is 1. The Labute approximate surface area is 174 Å². The monoisotopic (exact) mass is 436 g/mol. The second-order valence-electron chi connectivity index (χ2n) is 7.07. The molecule has 154 valence electrons. The van der Waals surface area contributed by atoms with Crippen molar-refractivity contribution in [2.24, 2.45) is 0 Å². The summed E-state index contributed by atoms with van der Waals surface area (Å²) < 4.78 is 38.5. The van der Waals surface area contributed by atoms with Crippen LogP contribution in [-0.4, -0.2) is 69.0 Å². The molecule has 7 nitrogen and oxygen atoms in total. The van der Waals surface area contributed by atoms with E-state index < -0.39 is 22.2 Å². The van der Waals surface area contributed by atoms with Gasteiger partial charge in [0.15, 0.2) is 0 Å². The van der Waals surface area contributed by atoms with Gasteiger partial charge in [0.05, 0.1) is 29.8 Å². The largest absolute Gasteiger partial charge is 0.496 e. The summed E-state index contributed by atoms with van der Waals surface area (Å²) in [4.78, 5) is 15.0. The van der Waals surface area contributed by atoms with E-state index in [0.717, 1.165) is 0 Å². The van der Waals surface area contributed by atoms with Crippen LogP contribution in [0.15, 0.2) is 53.4 Å². The summed E-state index contributed by atoms with van der Waals surface area (Å²) >= 11 is 6.06. The third-order valence-electron chi connectivity index (χ3n) is 5.11. The number of carbonyl (C=O) groups is 1. The number of carbonyl (C=O) groups excluding carboxylic acids is 1. The lowest BCUT2D eigenvalue weighted by Gasteiger charge is -2.45. The molecule has 2 atom stereocenters. The number of morpholine rings is 2. The van der Waals surface area contributed by atoms with Gasteiger partial charge in [0.25, 0.3) is 5.91 Å². The molecule has 29 heavy (non-hydrogen) atoms. The van der Waals surface area contributed by atoms with Crippen molar-refractivity contribution in [2.45, 2.75) is 17.1 Å². The van der Waals surface area contributed by atoms with Gasteiger partial charge in [0.2, 0.25) is 10.0 Å². The fourth-order valence-corrected chi connectivity index (χ4v) is 5.47. The van der Waals surface area contributed by atoms with Crippen LogP contribution in [0.4, 0.5) is 0 Å². The number of rotatable bonds is 4. The molecule has 0 radical (unpaired) electrons. The third kappa shape index (κ3) is 3.98. The van der Waals surface area contributed by atoms with Crippen LogP contribution in [0, 0.1) is 0 Å². The van der Waals surface area contributed by atoms with Gasteiger partial charge in [-0.2, -0.15) is 4.31 Å². The molecule has 2 aliphatic heterocycles. The lowest BCUT2D eigenvalue weighted by atomic mass is 10.1. The Hall–Kier alpha value is -2.13. The second-order valence-corrected chi connectivity index (χ2v) is 9.44. The zero-order chi connectivity index (χ0) is 20.6. The van der Waals surface area contributed by atoms with Gasteiger partial charge in [0, 0.05) is 31.2 Å². The highest BCUT2D eigenvalue weighted by Gasteiger charge is 2.41. The molecule has 1 amide bonds. The molecule has 0 saturated carbocycles. The van der Waals surface area contributed by atoms with Crippen LogP contribution in [0.5, 0.6) is 5.75 Å². The molecule has 0 aromatic heterocycles. The maximum absolute atomic E-state index is 13.1. The molecule has 0 aliphatic carbocycles. The molecule has 2 saturated heterocycles. The lowest BCUT2D eigenvalue weighted by Crippen LogP contribution is -2.61. The van der Waals surface area contributed by atoms with E-state index in [2.05, 4.69) is 0 Å². The molecule has 2 fully saturated rings. The number of fused-ring (bicyclic) bond motifs is 2. The van der Waals surface area contributed by atoms with E-state index in [9.17, 15) is 13.2 Å². The van der Waals surface area contributed by atoms with Gasteiger partial charge in [-0.05, 0) is 30.3 Å². The van der Waals surface area contributed by atoms with E-state index in [4.69, 9.17) is 21.1 Å². The fourth-order valence-electron chi connectivity index (χ4n) is 3.78. The van der Waals surface area contributed by atoms with E-state index in [-0.39, 0.29) is 23.9 Å². The Morgan fingerprint density at radius 2 is 1.72 bits per heavy atom. The van der Waals surface area contributed by atoms with Crippen LogP contribution in [0.25, 0.3) is 0 Å². The number of halogens is 1. The van der Waals surface area contributed by atoms with E-state index in [1.54, 1.807) is 53.4 Å². The van der Waals surface area contributed by atoms with Gasteiger partial charge in [-0.3, -0.25) is 4.79 Å². The Morgan fingerprint density at radius 3 is 2.34 bits per heavy atom. The van der Waals surface area contributed by atoms with E-state index in [0.29, 0.717) is 29.4 Å². The quantitative estimate of drug-likeness (QED) is 0.734. The van der Waals surface area contributed by atoms with Crippen molar-refractivity contribution in [3.63, 3.8) is 0 Å². The molecule has 2 heterocycles. The summed E-state index contributed by atoms with van der Waals surface area (Å²) in [5.74, 6) is 0.242. The SMILES string of the molecule is COc1ccc(Cl)cc1C(=O)N1CC2CN(S(=O)(=O)c3ccccc3)CC(C1)O2. The van der Waals surface area contributed by atoms with Crippen LogP contribution in [0.1, 0.15) is 10.4 Å². The smallest absolute Gasteiger partial charge is 0.257 e. The highest BCUT2D eigenvalue weighted by Crippen LogP contribution is 2.28. The number of amides is 1. The van der Waals surface area contributed by atoms with E-state index in [1.807, 2.05) is 0 Å². The number of nitrogens with zero attached hydrogens (tertiary/aromatic N) is 2. The maximum Gasteiger partial charge on any atom is 0.257 e. The van der Waals surface area contributed by atoms with E-state index in [1.165, 1.54) is 11.4 Å². The highest BCUT2D eigenvalue weighted by atomic mass is 35.5.